The van der Waals surface area contributed by atoms with E-state index in [9.17, 15) is 0 Å². The van der Waals surface area contributed by atoms with Crippen molar-refractivity contribution in [3.63, 3.8) is 0 Å². The summed E-state index contributed by atoms with van der Waals surface area (Å²) in [7, 11) is 0. The van der Waals surface area contributed by atoms with Crippen LogP contribution in [0.1, 0.15) is 18.9 Å². The molecule has 0 fully saturated rings. The number of rotatable bonds is 3. The molecular weight excluding hydrogens is 142 g/mol. The van der Waals surface area contributed by atoms with E-state index >= 15 is 0 Å². The van der Waals surface area contributed by atoms with Crippen LogP contribution in [0, 0.1) is 0 Å². The summed E-state index contributed by atoms with van der Waals surface area (Å²) in [6, 6.07) is 2.49. The summed E-state index contributed by atoms with van der Waals surface area (Å²) in [5.74, 6) is 0. The molecule has 2 N–H and O–H groups in total. The Morgan fingerprint density at radius 2 is 2.50 bits per heavy atom. The highest BCUT2D eigenvalue weighted by molar-refractivity contribution is 7.07. The minimum atomic E-state index is 0.333. The van der Waals surface area contributed by atoms with Gasteiger partial charge in [0.25, 0.3) is 0 Å². The molecule has 1 heterocycles. The Labute approximate surface area is 65.9 Å². The van der Waals surface area contributed by atoms with E-state index in [0.29, 0.717) is 6.04 Å². The molecule has 1 aromatic heterocycles. The van der Waals surface area contributed by atoms with Crippen LogP contribution in [0.2, 0.25) is 0 Å². The third kappa shape index (κ3) is 2.50. The van der Waals surface area contributed by atoms with E-state index in [1.54, 1.807) is 11.3 Å². The van der Waals surface area contributed by atoms with Crippen LogP contribution >= 0.6 is 11.3 Å². The second-order valence-corrected chi connectivity index (χ2v) is 3.43. The Morgan fingerprint density at radius 3 is 3.00 bits per heavy atom. The number of aryl methyl sites for hydroxylation is 1. The maximum Gasteiger partial charge on any atom is 0.00136 e. The molecule has 0 spiro atoms. The lowest BCUT2D eigenvalue weighted by Crippen LogP contribution is -2.15. The second kappa shape index (κ2) is 3.74. The van der Waals surface area contributed by atoms with Gasteiger partial charge in [0.05, 0.1) is 0 Å². The highest BCUT2D eigenvalue weighted by atomic mass is 32.1. The smallest absolute Gasteiger partial charge is 0.00136 e. The molecule has 0 unspecified atom stereocenters. The SMILES string of the molecule is C[C@H](N)CCc1ccsc1. The van der Waals surface area contributed by atoms with E-state index in [4.69, 9.17) is 5.73 Å². The number of hydrogen-bond acceptors (Lipinski definition) is 2. The molecule has 0 aliphatic carbocycles. The Kier molecular flexibility index (Phi) is 2.90. The lowest BCUT2D eigenvalue weighted by Gasteiger charge is -2.01. The van der Waals surface area contributed by atoms with Gasteiger partial charge in [-0.25, -0.2) is 0 Å². The quantitative estimate of drug-likeness (QED) is 0.710. The largest absolute Gasteiger partial charge is 0.328 e. The number of nitrogens with two attached hydrogens (primary N) is 1. The van der Waals surface area contributed by atoms with E-state index in [0.717, 1.165) is 12.8 Å². The lowest BCUT2D eigenvalue weighted by atomic mass is 10.1. The molecule has 0 amide bonds. The fraction of sp³-hybridized carbons (Fsp3) is 0.500. The van der Waals surface area contributed by atoms with Crippen LogP contribution in [0.15, 0.2) is 16.8 Å². The molecule has 10 heavy (non-hydrogen) atoms. The van der Waals surface area contributed by atoms with E-state index < -0.39 is 0 Å². The van der Waals surface area contributed by atoms with Crippen LogP contribution in [0.4, 0.5) is 0 Å². The van der Waals surface area contributed by atoms with Gasteiger partial charge in [0.1, 0.15) is 0 Å². The van der Waals surface area contributed by atoms with E-state index in [-0.39, 0.29) is 0 Å². The van der Waals surface area contributed by atoms with Crippen LogP contribution < -0.4 is 5.73 Å². The van der Waals surface area contributed by atoms with Crippen molar-refractivity contribution in [2.45, 2.75) is 25.8 Å². The lowest BCUT2D eigenvalue weighted by molar-refractivity contribution is 0.667. The zero-order valence-electron chi connectivity index (χ0n) is 6.21. The van der Waals surface area contributed by atoms with Crippen molar-refractivity contribution in [3.8, 4) is 0 Å². The van der Waals surface area contributed by atoms with Crippen LogP contribution in [0.5, 0.6) is 0 Å². The molecule has 0 bridgehead atoms. The molecule has 0 aliphatic rings. The molecular formula is C8H13NS. The van der Waals surface area contributed by atoms with Gasteiger partial charge in [0, 0.05) is 6.04 Å². The van der Waals surface area contributed by atoms with Gasteiger partial charge in [-0.15, -0.1) is 0 Å². The van der Waals surface area contributed by atoms with Gasteiger partial charge in [-0.1, -0.05) is 0 Å². The zero-order valence-corrected chi connectivity index (χ0v) is 7.03. The van der Waals surface area contributed by atoms with Crippen LogP contribution in [-0.4, -0.2) is 6.04 Å². The average molecular weight is 155 g/mol. The zero-order chi connectivity index (χ0) is 7.40. The molecule has 0 radical (unpaired) electrons. The third-order valence-corrected chi connectivity index (χ3v) is 2.20. The average Bonchev–Trinajstić information content (AvgIpc) is 2.34. The first-order chi connectivity index (χ1) is 4.79. The Balaban J connectivity index is 2.28. The van der Waals surface area contributed by atoms with Crippen molar-refractivity contribution in [1.29, 1.82) is 0 Å². The van der Waals surface area contributed by atoms with Crippen molar-refractivity contribution in [2.24, 2.45) is 5.73 Å². The minimum Gasteiger partial charge on any atom is -0.328 e. The van der Waals surface area contributed by atoms with Crippen LogP contribution in [0.25, 0.3) is 0 Å². The van der Waals surface area contributed by atoms with E-state index in [2.05, 4.69) is 16.8 Å². The van der Waals surface area contributed by atoms with Gasteiger partial charge < -0.3 is 5.73 Å². The van der Waals surface area contributed by atoms with E-state index in [1.807, 2.05) is 6.92 Å². The minimum absolute atomic E-state index is 0.333. The van der Waals surface area contributed by atoms with Crippen molar-refractivity contribution in [3.05, 3.63) is 22.4 Å². The summed E-state index contributed by atoms with van der Waals surface area (Å²) in [4.78, 5) is 0. The summed E-state index contributed by atoms with van der Waals surface area (Å²) in [6.07, 6.45) is 2.22. The standard InChI is InChI=1S/C8H13NS/c1-7(9)2-3-8-4-5-10-6-8/h4-7H,2-3,9H2,1H3/t7-/m0/s1. The number of hydrogen-bond donors (Lipinski definition) is 1. The summed E-state index contributed by atoms with van der Waals surface area (Å²) in [5, 5.41) is 4.29. The summed E-state index contributed by atoms with van der Waals surface area (Å²) < 4.78 is 0. The molecule has 2 heteroatoms. The van der Waals surface area contributed by atoms with Gasteiger partial charge in [-0.3, -0.25) is 0 Å². The van der Waals surface area contributed by atoms with Gasteiger partial charge in [0.2, 0.25) is 0 Å². The summed E-state index contributed by atoms with van der Waals surface area (Å²) >= 11 is 1.75. The Bertz CT molecular complexity index is 167. The summed E-state index contributed by atoms with van der Waals surface area (Å²) in [5.41, 5.74) is 7.03. The van der Waals surface area contributed by atoms with Crippen LogP contribution in [-0.2, 0) is 6.42 Å². The first-order valence-electron chi connectivity index (χ1n) is 3.55. The van der Waals surface area contributed by atoms with Crippen molar-refractivity contribution in [1.82, 2.24) is 0 Å². The second-order valence-electron chi connectivity index (χ2n) is 2.65. The molecule has 1 atom stereocenters. The predicted molar refractivity (Wildman–Crippen MR) is 46.3 cm³/mol. The molecule has 0 aromatic carbocycles. The van der Waals surface area contributed by atoms with Gasteiger partial charge in [-0.2, -0.15) is 11.3 Å². The maximum atomic E-state index is 5.61. The van der Waals surface area contributed by atoms with Crippen molar-refractivity contribution >= 4 is 11.3 Å². The monoisotopic (exact) mass is 155 g/mol. The molecule has 1 nitrogen and oxygen atoms in total. The first kappa shape index (κ1) is 7.76. The van der Waals surface area contributed by atoms with Crippen molar-refractivity contribution in [2.75, 3.05) is 0 Å². The molecule has 1 aromatic rings. The first-order valence-corrected chi connectivity index (χ1v) is 4.50. The van der Waals surface area contributed by atoms with Gasteiger partial charge >= 0.3 is 0 Å². The highest BCUT2D eigenvalue weighted by Crippen LogP contribution is 2.08. The van der Waals surface area contributed by atoms with Gasteiger partial charge in [0.15, 0.2) is 0 Å². The number of thiophene rings is 1. The fourth-order valence-corrected chi connectivity index (χ4v) is 1.53. The van der Waals surface area contributed by atoms with Crippen molar-refractivity contribution < 1.29 is 0 Å². The molecule has 0 saturated heterocycles. The molecule has 1 rings (SSSR count). The normalized spacial score (nSPS) is 13.4. The fourth-order valence-electron chi connectivity index (χ4n) is 0.829. The molecule has 56 valence electrons. The van der Waals surface area contributed by atoms with E-state index in [1.165, 1.54) is 5.56 Å². The summed E-state index contributed by atoms with van der Waals surface area (Å²) in [6.45, 7) is 2.05. The maximum absolute atomic E-state index is 5.61. The predicted octanol–water partition coefficient (Wildman–Crippen LogP) is 2.03. The topological polar surface area (TPSA) is 26.0 Å². The third-order valence-electron chi connectivity index (χ3n) is 1.47. The Morgan fingerprint density at radius 1 is 1.70 bits per heavy atom. The highest BCUT2D eigenvalue weighted by Gasteiger charge is 1.95. The molecule has 0 aliphatic heterocycles. The molecule has 0 saturated carbocycles. The van der Waals surface area contributed by atoms with Gasteiger partial charge in [-0.05, 0) is 42.2 Å². The van der Waals surface area contributed by atoms with Crippen LogP contribution in [0.3, 0.4) is 0 Å². The Hall–Kier alpha value is -0.340.